The minimum atomic E-state index is -4.45. The van der Waals surface area contributed by atoms with Gasteiger partial charge in [0.25, 0.3) is 0 Å². The van der Waals surface area contributed by atoms with Gasteiger partial charge in [0.1, 0.15) is 12.3 Å². The van der Waals surface area contributed by atoms with E-state index in [0.29, 0.717) is 23.3 Å². The van der Waals surface area contributed by atoms with Gasteiger partial charge < -0.3 is 9.73 Å². The highest BCUT2D eigenvalue weighted by atomic mass is 32.2. The van der Waals surface area contributed by atoms with Crippen molar-refractivity contribution in [1.82, 2.24) is 20.1 Å². The van der Waals surface area contributed by atoms with Crippen LogP contribution in [0, 0.1) is 0 Å². The predicted molar refractivity (Wildman–Crippen MR) is 112 cm³/mol. The van der Waals surface area contributed by atoms with Crippen molar-refractivity contribution in [3.63, 3.8) is 0 Å². The van der Waals surface area contributed by atoms with Crippen LogP contribution < -0.4 is 5.32 Å². The van der Waals surface area contributed by atoms with Crippen LogP contribution in [0.3, 0.4) is 0 Å². The monoisotopic (exact) mass is 452 g/mol. The molecule has 2 heterocycles. The first-order valence-electron chi connectivity index (χ1n) is 9.56. The Hall–Kier alpha value is -2.75. The summed E-state index contributed by atoms with van der Waals surface area (Å²) in [6, 6.07) is 11.5. The van der Waals surface area contributed by atoms with Crippen molar-refractivity contribution in [2.24, 2.45) is 0 Å². The molecule has 3 aromatic rings. The molecule has 2 aromatic heterocycles. The molecular weight excluding hydrogens is 429 g/mol. The fourth-order valence-corrected chi connectivity index (χ4v) is 3.58. The summed E-state index contributed by atoms with van der Waals surface area (Å²) in [5.41, 5.74) is 2.01. The second kappa shape index (κ2) is 9.17. The maximum absolute atomic E-state index is 12.3. The Morgan fingerprint density at radius 3 is 2.42 bits per heavy atom. The lowest BCUT2D eigenvalue weighted by atomic mass is 9.87. The van der Waals surface area contributed by atoms with Crippen molar-refractivity contribution >= 4 is 17.7 Å². The first kappa shape index (κ1) is 22.9. The molecule has 0 aliphatic carbocycles. The van der Waals surface area contributed by atoms with Gasteiger partial charge in [0.05, 0.1) is 18.6 Å². The third-order valence-electron chi connectivity index (χ3n) is 4.44. The minimum absolute atomic E-state index is 0.00512. The third kappa shape index (κ3) is 6.36. The van der Waals surface area contributed by atoms with E-state index >= 15 is 0 Å². The van der Waals surface area contributed by atoms with Gasteiger partial charge in [0.15, 0.2) is 11.0 Å². The summed E-state index contributed by atoms with van der Waals surface area (Å²) in [6.45, 7) is 5.33. The number of carbonyl (C=O) groups is 1. The van der Waals surface area contributed by atoms with E-state index in [4.69, 9.17) is 4.42 Å². The predicted octanol–water partition coefficient (Wildman–Crippen LogP) is 4.65. The number of carbonyl (C=O) groups excluding carboxylic acids is 1. The van der Waals surface area contributed by atoms with E-state index < -0.39 is 18.6 Å². The number of halogens is 3. The normalized spacial score (nSPS) is 12.2. The Labute approximate surface area is 182 Å². The molecule has 10 heteroatoms. The van der Waals surface area contributed by atoms with E-state index in [1.807, 2.05) is 29.6 Å². The Balaban J connectivity index is 1.82. The topological polar surface area (TPSA) is 73.0 Å². The van der Waals surface area contributed by atoms with Crippen LogP contribution in [-0.2, 0) is 16.8 Å². The van der Waals surface area contributed by atoms with Gasteiger partial charge in [0, 0.05) is 5.56 Å². The van der Waals surface area contributed by atoms with Crippen molar-refractivity contribution < 1.29 is 22.4 Å². The van der Waals surface area contributed by atoms with E-state index in [1.165, 1.54) is 5.56 Å². The maximum Gasteiger partial charge on any atom is 0.405 e. The molecule has 31 heavy (non-hydrogen) atoms. The summed E-state index contributed by atoms with van der Waals surface area (Å²) in [6.07, 6.45) is -2.90. The molecule has 0 saturated carbocycles. The van der Waals surface area contributed by atoms with E-state index in [2.05, 4.69) is 31.0 Å². The van der Waals surface area contributed by atoms with E-state index in [1.54, 1.807) is 23.0 Å². The van der Waals surface area contributed by atoms with Crippen LogP contribution in [0.1, 0.15) is 32.1 Å². The number of nitrogens with one attached hydrogen (secondary N) is 1. The zero-order valence-corrected chi connectivity index (χ0v) is 18.2. The van der Waals surface area contributed by atoms with Gasteiger partial charge in [-0.25, -0.2) is 0 Å². The van der Waals surface area contributed by atoms with Crippen LogP contribution in [0.5, 0.6) is 0 Å². The summed E-state index contributed by atoms with van der Waals surface area (Å²) >= 11 is 1.02. The summed E-state index contributed by atoms with van der Waals surface area (Å²) in [5.74, 6) is 0.298. The van der Waals surface area contributed by atoms with Gasteiger partial charge in [-0.15, -0.1) is 10.2 Å². The molecule has 0 radical (unpaired) electrons. The van der Waals surface area contributed by atoms with Crippen molar-refractivity contribution in [3.8, 4) is 11.4 Å². The van der Waals surface area contributed by atoms with Crippen LogP contribution in [0.2, 0.25) is 0 Å². The number of hydrogen-bond acceptors (Lipinski definition) is 5. The first-order valence-corrected chi connectivity index (χ1v) is 10.5. The molecule has 166 valence electrons. The molecule has 0 saturated heterocycles. The average molecular weight is 453 g/mol. The lowest BCUT2D eigenvalue weighted by Crippen LogP contribution is -2.34. The summed E-state index contributed by atoms with van der Waals surface area (Å²) < 4.78 is 44.1. The number of alkyl halides is 3. The summed E-state index contributed by atoms with van der Waals surface area (Å²) in [7, 11) is 0. The largest absolute Gasteiger partial charge is 0.467 e. The Morgan fingerprint density at radius 1 is 1.13 bits per heavy atom. The molecule has 1 N–H and O–H groups in total. The van der Waals surface area contributed by atoms with Crippen molar-refractivity contribution in [3.05, 3.63) is 54.0 Å². The number of nitrogens with zero attached hydrogens (tertiary/aromatic N) is 3. The molecule has 3 rings (SSSR count). The van der Waals surface area contributed by atoms with Crippen LogP contribution in [-0.4, -0.2) is 39.1 Å². The highest BCUT2D eigenvalue weighted by Gasteiger charge is 2.28. The Morgan fingerprint density at radius 2 is 1.84 bits per heavy atom. The Bertz CT molecular complexity index is 1010. The van der Waals surface area contributed by atoms with E-state index in [9.17, 15) is 18.0 Å². The second-order valence-corrected chi connectivity index (χ2v) is 8.92. The highest BCUT2D eigenvalue weighted by Crippen LogP contribution is 2.28. The zero-order valence-electron chi connectivity index (χ0n) is 17.4. The first-order chi connectivity index (χ1) is 14.5. The molecule has 1 amide bonds. The van der Waals surface area contributed by atoms with Gasteiger partial charge >= 0.3 is 6.18 Å². The van der Waals surface area contributed by atoms with E-state index in [0.717, 1.165) is 17.3 Å². The molecule has 0 aliphatic heterocycles. The lowest BCUT2D eigenvalue weighted by molar-refractivity contribution is -0.136. The second-order valence-electron chi connectivity index (χ2n) is 7.98. The molecule has 0 aliphatic rings. The van der Waals surface area contributed by atoms with Crippen LogP contribution in [0.15, 0.2) is 52.2 Å². The molecule has 6 nitrogen and oxygen atoms in total. The van der Waals surface area contributed by atoms with Crippen LogP contribution >= 0.6 is 11.8 Å². The summed E-state index contributed by atoms with van der Waals surface area (Å²) in [5, 5.41) is 10.7. The number of benzene rings is 1. The standard InChI is InChI=1S/C21H23F3N4O2S/c1-20(2,3)15-8-6-14(7-9-15)18-26-27-19(28(18)11-16-5-4-10-30-16)31-12-17(29)25-13-21(22,23)24/h4-10H,11-13H2,1-3H3,(H,25,29). The fraction of sp³-hybridized carbons (Fsp3) is 0.381. The SMILES string of the molecule is CC(C)(C)c1ccc(-c2nnc(SCC(=O)NCC(F)(F)F)n2Cc2ccco2)cc1. The van der Waals surface area contributed by atoms with Crippen LogP contribution in [0.25, 0.3) is 11.4 Å². The maximum atomic E-state index is 12.3. The van der Waals surface area contributed by atoms with Gasteiger partial charge in [0.2, 0.25) is 5.91 Å². The number of rotatable bonds is 7. The van der Waals surface area contributed by atoms with Gasteiger partial charge in [-0.05, 0) is 23.1 Å². The van der Waals surface area contributed by atoms with Crippen molar-refractivity contribution in [2.45, 2.75) is 44.1 Å². The summed E-state index contributed by atoms with van der Waals surface area (Å²) in [4.78, 5) is 11.8. The number of thioether (sulfide) groups is 1. The number of hydrogen-bond donors (Lipinski definition) is 1. The fourth-order valence-electron chi connectivity index (χ4n) is 2.81. The lowest BCUT2D eigenvalue weighted by Gasteiger charge is -2.19. The molecule has 1 aromatic carbocycles. The molecule has 0 atom stereocenters. The Kier molecular flexibility index (Phi) is 6.78. The average Bonchev–Trinajstić information content (AvgIpc) is 3.34. The zero-order chi connectivity index (χ0) is 22.6. The number of furan rings is 1. The van der Waals surface area contributed by atoms with Crippen LogP contribution in [0.4, 0.5) is 13.2 Å². The van der Waals surface area contributed by atoms with Gasteiger partial charge in [-0.2, -0.15) is 13.2 Å². The molecule has 0 spiro atoms. The van der Waals surface area contributed by atoms with Gasteiger partial charge in [-0.3, -0.25) is 9.36 Å². The molecule has 0 fully saturated rings. The number of amides is 1. The molecular formula is C21H23F3N4O2S. The minimum Gasteiger partial charge on any atom is -0.467 e. The number of aromatic nitrogens is 3. The van der Waals surface area contributed by atoms with E-state index in [-0.39, 0.29) is 11.2 Å². The van der Waals surface area contributed by atoms with Crippen molar-refractivity contribution in [1.29, 1.82) is 0 Å². The van der Waals surface area contributed by atoms with Gasteiger partial charge in [-0.1, -0.05) is 56.8 Å². The van der Waals surface area contributed by atoms with Crippen molar-refractivity contribution in [2.75, 3.05) is 12.3 Å². The smallest absolute Gasteiger partial charge is 0.405 e. The molecule has 0 unspecified atom stereocenters. The highest BCUT2D eigenvalue weighted by molar-refractivity contribution is 7.99. The quantitative estimate of drug-likeness (QED) is 0.528. The molecule has 0 bridgehead atoms. The third-order valence-corrected chi connectivity index (χ3v) is 5.41.